The van der Waals surface area contributed by atoms with E-state index in [0.717, 1.165) is 17.8 Å². The molecule has 9 heteroatoms. The van der Waals surface area contributed by atoms with Crippen LogP contribution >= 0.6 is 11.3 Å². The normalized spacial score (nSPS) is 11.7. The number of halogens is 3. The second kappa shape index (κ2) is 7.67. The molecule has 3 aromatic heterocycles. The summed E-state index contributed by atoms with van der Waals surface area (Å²) in [5, 5.41) is 8.25. The van der Waals surface area contributed by atoms with E-state index in [2.05, 4.69) is 15.4 Å². The van der Waals surface area contributed by atoms with E-state index in [1.807, 2.05) is 30.3 Å². The Morgan fingerprint density at radius 2 is 1.93 bits per heavy atom. The molecule has 0 aliphatic carbocycles. The van der Waals surface area contributed by atoms with Gasteiger partial charge in [-0.15, -0.1) is 11.3 Å². The van der Waals surface area contributed by atoms with E-state index in [9.17, 15) is 18.0 Å². The third-order valence-corrected chi connectivity index (χ3v) is 5.21. The van der Waals surface area contributed by atoms with Gasteiger partial charge in [-0.05, 0) is 29.5 Å². The first-order valence-corrected chi connectivity index (χ1v) is 9.63. The summed E-state index contributed by atoms with van der Waals surface area (Å²) in [6, 6.07) is 13.9. The highest BCUT2D eigenvalue weighted by molar-refractivity contribution is 7.13. The second-order valence-electron chi connectivity index (χ2n) is 6.29. The number of benzene rings is 1. The van der Waals surface area contributed by atoms with Crippen LogP contribution in [0.5, 0.6) is 0 Å². The highest BCUT2D eigenvalue weighted by Crippen LogP contribution is 2.33. The molecular formula is C20H15F3N4OS. The maximum atomic E-state index is 13.6. The van der Waals surface area contributed by atoms with Gasteiger partial charge in [0, 0.05) is 6.54 Å². The molecule has 4 aromatic rings. The van der Waals surface area contributed by atoms with Gasteiger partial charge in [-0.25, -0.2) is 9.50 Å². The first-order chi connectivity index (χ1) is 13.9. The van der Waals surface area contributed by atoms with Crippen LogP contribution in [0.2, 0.25) is 0 Å². The van der Waals surface area contributed by atoms with Crippen LogP contribution in [-0.2, 0) is 12.6 Å². The number of thiophene rings is 1. The van der Waals surface area contributed by atoms with Crippen molar-refractivity contribution in [3.63, 3.8) is 0 Å². The zero-order chi connectivity index (χ0) is 20.4. The summed E-state index contributed by atoms with van der Waals surface area (Å²) < 4.78 is 41.3. The lowest BCUT2D eigenvalue weighted by molar-refractivity contribution is -0.142. The van der Waals surface area contributed by atoms with Gasteiger partial charge < -0.3 is 5.32 Å². The number of hydrogen-bond donors (Lipinski definition) is 1. The van der Waals surface area contributed by atoms with Crippen LogP contribution in [0.1, 0.15) is 21.6 Å². The van der Waals surface area contributed by atoms with Crippen LogP contribution in [0.15, 0.2) is 60.1 Å². The standard InChI is InChI=1S/C20H15F3N4OS/c21-20(22,23)17-11-15(16-7-4-10-29-16)26-18-14(12-25-27(17)18)19(28)24-9-8-13-5-2-1-3-6-13/h1-7,10-12H,8-9H2,(H,24,28). The number of rotatable bonds is 5. The minimum atomic E-state index is -4.64. The number of carbonyl (C=O) groups is 1. The summed E-state index contributed by atoms with van der Waals surface area (Å²) in [5.74, 6) is -0.514. The van der Waals surface area contributed by atoms with Crippen molar-refractivity contribution >= 4 is 22.9 Å². The Bertz CT molecular complexity index is 1140. The topological polar surface area (TPSA) is 59.3 Å². The van der Waals surface area contributed by atoms with Gasteiger partial charge >= 0.3 is 6.18 Å². The molecule has 0 saturated carbocycles. The summed E-state index contributed by atoms with van der Waals surface area (Å²) in [7, 11) is 0. The van der Waals surface area contributed by atoms with Gasteiger partial charge in [-0.2, -0.15) is 18.3 Å². The predicted molar refractivity (Wildman–Crippen MR) is 104 cm³/mol. The summed E-state index contributed by atoms with van der Waals surface area (Å²) in [5.41, 5.74) is 0.0976. The second-order valence-corrected chi connectivity index (χ2v) is 7.23. The molecule has 0 bridgehead atoms. The fraction of sp³-hybridized carbons (Fsp3) is 0.150. The average Bonchev–Trinajstić information content (AvgIpc) is 3.37. The van der Waals surface area contributed by atoms with Gasteiger partial charge in [0.15, 0.2) is 11.3 Å². The first kappa shape index (κ1) is 19.1. The molecule has 1 aromatic carbocycles. The number of fused-ring (bicyclic) bond motifs is 1. The number of aromatic nitrogens is 3. The van der Waals surface area contributed by atoms with E-state index < -0.39 is 17.8 Å². The molecule has 0 saturated heterocycles. The number of nitrogens with zero attached hydrogens (tertiary/aromatic N) is 3. The Balaban J connectivity index is 1.66. The minimum absolute atomic E-state index is 0.00182. The molecule has 0 unspecified atom stereocenters. The van der Waals surface area contributed by atoms with E-state index >= 15 is 0 Å². The van der Waals surface area contributed by atoms with Crippen molar-refractivity contribution < 1.29 is 18.0 Å². The van der Waals surface area contributed by atoms with Crippen LogP contribution in [0.4, 0.5) is 13.2 Å². The molecule has 4 rings (SSSR count). The van der Waals surface area contributed by atoms with Crippen molar-refractivity contribution in [1.29, 1.82) is 0 Å². The summed E-state index contributed by atoms with van der Waals surface area (Å²) in [6.45, 7) is 0.344. The maximum Gasteiger partial charge on any atom is 0.433 e. The lowest BCUT2D eigenvalue weighted by Crippen LogP contribution is -2.26. The maximum absolute atomic E-state index is 13.6. The van der Waals surface area contributed by atoms with E-state index in [4.69, 9.17) is 0 Å². The lowest BCUT2D eigenvalue weighted by atomic mass is 10.1. The Morgan fingerprint density at radius 1 is 1.14 bits per heavy atom. The monoisotopic (exact) mass is 416 g/mol. The quantitative estimate of drug-likeness (QED) is 0.523. The van der Waals surface area contributed by atoms with E-state index in [1.54, 1.807) is 17.5 Å². The number of amides is 1. The van der Waals surface area contributed by atoms with Crippen LogP contribution in [-0.4, -0.2) is 27.0 Å². The van der Waals surface area contributed by atoms with Crippen molar-refractivity contribution in [2.24, 2.45) is 0 Å². The number of alkyl halides is 3. The van der Waals surface area contributed by atoms with Gasteiger partial charge in [0.25, 0.3) is 5.91 Å². The molecule has 0 aliphatic heterocycles. The fourth-order valence-corrected chi connectivity index (χ4v) is 3.62. The molecule has 3 heterocycles. The summed E-state index contributed by atoms with van der Waals surface area (Å²) >= 11 is 1.27. The molecule has 1 amide bonds. The molecule has 0 spiro atoms. The Kier molecular flexibility index (Phi) is 5.06. The van der Waals surface area contributed by atoms with Gasteiger partial charge in [0.2, 0.25) is 0 Å². The zero-order valence-corrected chi connectivity index (χ0v) is 15.8. The van der Waals surface area contributed by atoms with Gasteiger partial charge in [-0.3, -0.25) is 4.79 Å². The van der Waals surface area contributed by atoms with E-state index in [-0.39, 0.29) is 16.9 Å². The number of hydrogen-bond acceptors (Lipinski definition) is 4. The van der Waals surface area contributed by atoms with E-state index in [1.165, 1.54) is 11.3 Å². The summed E-state index contributed by atoms with van der Waals surface area (Å²) in [4.78, 5) is 17.5. The number of carbonyl (C=O) groups excluding carboxylic acids is 1. The minimum Gasteiger partial charge on any atom is -0.352 e. The van der Waals surface area contributed by atoms with Crippen molar-refractivity contribution in [2.75, 3.05) is 6.54 Å². The van der Waals surface area contributed by atoms with Gasteiger partial charge in [-0.1, -0.05) is 36.4 Å². The molecule has 1 N–H and O–H groups in total. The smallest absolute Gasteiger partial charge is 0.352 e. The fourth-order valence-electron chi connectivity index (χ4n) is 2.94. The summed E-state index contributed by atoms with van der Waals surface area (Å²) in [6.07, 6.45) is -2.92. The molecule has 0 radical (unpaired) electrons. The van der Waals surface area contributed by atoms with Crippen molar-refractivity contribution in [2.45, 2.75) is 12.6 Å². The zero-order valence-electron chi connectivity index (χ0n) is 15.0. The lowest BCUT2D eigenvalue weighted by Gasteiger charge is -2.11. The largest absolute Gasteiger partial charge is 0.433 e. The van der Waals surface area contributed by atoms with Crippen molar-refractivity contribution in [3.05, 3.63) is 76.9 Å². The highest BCUT2D eigenvalue weighted by Gasteiger charge is 2.36. The van der Waals surface area contributed by atoms with Crippen LogP contribution < -0.4 is 5.32 Å². The molecule has 0 atom stereocenters. The average molecular weight is 416 g/mol. The van der Waals surface area contributed by atoms with Crippen molar-refractivity contribution in [1.82, 2.24) is 19.9 Å². The molecule has 5 nitrogen and oxygen atoms in total. The highest BCUT2D eigenvalue weighted by atomic mass is 32.1. The Morgan fingerprint density at radius 3 is 2.62 bits per heavy atom. The first-order valence-electron chi connectivity index (χ1n) is 8.75. The molecule has 0 aliphatic rings. The SMILES string of the molecule is O=C(NCCc1ccccc1)c1cnn2c(C(F)(F)F)cc(-c3cccs3)nc12. The molecular weight excluding hydrogens is 401 g/mol. The molecule has 148 valence electrons. The number of nitrogens with one attached hydrogen (secondary N) is 1. The van der Waals surface area contributed by atoms with Crippen LogP contribution in [0.25, 0.3) is 16.2 Å². The van der Waals surface area contributed by atoms with E-state index in [0.29, 0.717) is 22.4 Å². The third-order valence-electron chi connectivity index (χ3n) is 4.32. The molecule has 29 heavy (non-hydrogen) atoms. The third kappa shape index (κ3) is 4.00. The van der Waals surface area contributed by atoms with Crippen molar-refractivity contribution in [3.8, 4) is 10.6 Å². The Hall–Kier alpha value is -3.20. The predicted octanol–water partition coefficient (Wildman–Crippen LogP) is 4.45. The van der Waals surface area contributed by atoms with Gasteiger partial charge in [0.05, 0.1) is 16.8 Å². The molecule has 0 fully saturated rings. The Labute approximate surface area is 167 Å². The van der Waals surface area contributed by atoms with Crippen LogP contribution in [0, 0.1) is 0 Å². The van der Waals surface area contributed by atoms with Gasteiger partial charge in [0.1, 0.15) is 5.56 Å². The van der Waals surface area contributed by atoms with Crippen LogP contribution in [0.3, 0.4) is 0 Å².